The highest BCUT2D eigenvalue weighted by Gasteiger charge is 2.22. The minimum Gasteiger partial charge on any atom is -0.493 e. The molecule has 3 aromatic rings. The van der Waals surface area contributed by atoms with E-state index in [1.165, 1.54) is 35.4 Å². The van der Waals surface area contributed by atoms with Crippen LogP contribution in [0.25, 0.3) is 0 Å². The van der Waals surface area contributed by atoms with Crippen molar-refractivity contribution in [2.24, 2.45) is 5.92 Å². The minimum atomic E-state index is 0.580. The van der Waals surface area contributed by atoms with Gasteiger partial charge in [0.15, 0.2) is 0 Å². The highest BCUT2D eigenvalue weighted by atomic mass is 16.5. The van der Waals surface area contributed by atoms with Crippen LogP contribution in [0.15, 0.2) is 43.0 Å². The molecule has 0 spiro atoms. The van der Waals surface area contributed by atoms with Crippen molar-refractivity contribution in [2.45, 2.75) is 40.2 Å². The third-order valence-corrected chi connectivity index (χ3v) is 5.64. The van der Waals surface area contributed by atoms with Gasteiger partial charge in [-0.25, -0.2) is 4.68 Å². The van der Waals surface area contributed by atoms with Crippen molar-refractivity contribution >= 4 is 0 Å². The van der Waals surface area contributed by atoms with Gasteiger partial charge >= 0.3 is 0 Å². The van der Waals surface area contributed by atoms with E-state index in [1.54, 1.807) is 12.7 Å². The van der Waals surface area contributed by atoms with Gasteiger partial charge in [0.2, 0.25) is 0 Å². The molecule has 6 heteroatoms. The number of rotatable bonds is 6. The normalized spacial score (nSPS) is 17.8. The van der Waals surface area contributed by atoms with Crippen LogP contribution in [0, 0.1) is 26.7 Å². The molecule has 3 heterocycles. The van der Waals surface area contributed by atoms with Crippen molar-refractivity contribution in [3.8, 4) is 5.75 Å². The lowest BCUT2D eigenvalue weighted by Crippen LogP contribution is -2.37. The van der Waals surface area contributed by atoms with Gasteiger partial charge in [-0.2, -0.15) is 0 Å². The maximum atomic E-state index is 6.05. The van der Waals surface area contributed by atoms with E-state index in [0.717, 1.165) is 32.0 Å². The summed E-state index contributed by atoms with van der Waals surface area (Å²) in [5, 5.41) is 7.87. The monoisotopic (exact) mass is 379 g/mol. The van der Waals surface area contributed by atoms with Crippen LogP contribution in [-0.4, -0.2) is 44.1 Å². The zero-order chi connectivity index (χ0) is 19.5. The molecule has 0 bridgehead atoms. The Bertz CT molecular complexity index is 898. The number of ether oxygens (including phenoxy) is 1. The first-order valence-electron chi connectivity index (χ1n) is 10.0. The van der Waals surface area contributed by atoms with E-state index in [2.05, 4.69) is 70.9 Å². The summed E-state index contributed by atoms with van der Waals surface area (Å²) in [5.74, 6) is 1.55. The molecule has 1 aliphatic heterocycles. The molecule has 0 saturated carbocycles. The molecule has 2 aromatic heterocycles. The lowest BCUT2D eigenvalue weighted by atomic mass is 9.98. The predicted octanol–water partition coefficient (Wildman–Crippen LogP) is 3.61. The third kappa shape index (κ3) is 4.12. The van der Waals surface area contributed by atoms with Gasteiger partial charge < -0.3 is 4.74 Å². The van der Waals surface area contributed by atoms with Gasteiger partial charge in [-0.15, -0.1) is 10.2 Å². The number of aryl methyl sites for hydroxylation is 2. The fourth-order valence-electron chi connectivity index (χ4n) is 4.15. The number of nitrogens with zero attached hydrogens (tertiary/aromatic N) is 5. The average molecular weight is 380 g/mol. The largest absolute Gasteiger partial charge is 0.493 e. The Kier molecular flexibility index (Phi) is 5.48. The molecule has 0 amide bonds. The van der Waals surface area contributed by atoms with E-state index < -0.39 is 0 Å². The van der Waals surface area contributed by atoms with Crippen LogP contribution in [0.1, 0.15) is 35.4 Å². The highest BCUT2D eigenvalue weighted by Crippen LogP contribution is 2.23. The van der Waals surface area contributed by atoms with E-state index in [-0.39, 0.29) is 0 Å². The highest BCUT2D eigenvalue weighted by molar-refractivity contribution is 5.27. The van der Waals surface area contributed by atoms with Crippen molar-refractivity contribution in [2.75, 3.05) is 19.7 Å². The molecule has 1 aromatic carbocycles. The molecule has 1 fully saturated rings. The lowest BCUT2D eigenvalue weighted by Gasteiger charge is -2.32. The smallest absolute Gasteiger partial charge is 0.139 e. The van der Waals surface area contributed by atoms with Gasteiger partial charge in [0.05, 0.1) is 6.61 Å². The standard InChI is InChI=1S/C22H29N5O/c1-17-6-8-22(9-7-17)28-14-20-5-4-10-25(12-20)13-21-11-18(2)27(19(21)3)26-15-23-24-16-26/h6-9,11,15-16,20H,4-5,10,12-14H2,1-3H3. The van der Waals surface area contributed by atoms with Crippen molar-refractivity contribution in [3.05, 3.63) is 65.5 Å². The Morgan fingerprint density at radius 3 is 2.57 bits per heavy atom. The van der Waals surface area contributed by atoms with Crippen LogP contribution >= 0.6 is 0 Å². The van der Waals surface area contributed by atoms with Gasteiger partial charge in [0.25, 0.3) is 0 Å². The van der Waals surface area contributed by atoms with Crippen LogP contribution in [0.4, 0.5) is 0 Å². The molecule has 6 nitrogen and oxygen atoms in total. The molecule has 1 saturated heterocycles. The summed E-state index contributed by atoms with van der Waals surface area (Å²) in [6.45, 7) is 10.4. The summed E-state index contributed by atoms with van der Waals surface area (Å²) < 4.78 is 10.1. The number of benzene rings is 1. The van der Waals surface area contributed by atoms with E-state index in [4.69, 9.17) is 4.74 Å². The maximum absolute atomic E-state index is 6.05. The molecule has 4 rings (SSSR count). The van der Waals surface area contributed by atoms with Crippen molar-refractivity contribution in [1.82, 2.24) is 24.4 Å². The van der Waals surface area contributed by atoms with Crippen LogP contribution in [0.3, 0.4) is 0 Å². The first-order valence-corrected chi connectivity index (χ1v) is 10.0. The average Bonchev–Trinajstić information content (AvgIpc) is 3.30. The molecule has 1 unspecified atom stereocenters. The topological polar surface area (TPSA) is 48.1 Å². The van der Waals surface area contributed by atoms with E-state index >= 15 is 0 Å². The van der Waals surface area contributed by atoms with Gasteiger partial charge in [-0.1, -0.05) is 17.7 Å². The zero-order valence-electron chi connectivity index (χ0n) is 17.0. The fraction of sp³-hybridized carbons (Fsp3) is 0.455. The van der Waals surface area contributed by atoms with Crippen LogP contribution in [-0.2, 0) is 6.54 Å². The summed E-state index contributed by atoms with van der Waals surface area (Å²) in [4.78, 5) is 2.56. The second-order valence-corrected chi connectivity index (χ2v) is 7.92. The van der Waals surface area contributed by atoms with Gasteiger partial charge in [0.1, 0.15) is 18.4 Å². The number of likely N-dealkylation sites (tertiary alicyclic amines) is 1. The second kappa shape index (κ2) is 8.19. The predicted molar refractivity (Wildman–Crippen MR) is 109 cm³/mol. The van der Waals surface area contributed by atoms with E-state index in [9.17, 15) is 0 Å². The van der Waals surface area contributed by atoms with Gasteiger partial charge in [-0.3, -0.25) is 9.58 Å². The Balaban J connectivity index is 1.37. The van der Waals surface area contributed by atoms with E-state index in [1.807, 2.05) is 4.68 Å². The first-order chi connectivity index (χ1) is 13.6. The second-order valence-electron chi connectivity index (χ2n) is 7.92. The Hall–Kier alpha value is -2.60. The molecular formula is C22H29N5O. The zero-order valence-corrected chi connectivity index (χ0v) is 17.0. The Morgan fingerprint density at radius 1 is 1.07 bits per heavy atom. The summed E-state index contributed by atoms with van der Waals surface area (Å²) in [7, 11) is 0. The quantitative estimate of drug-likeness (QED) is 0.656. The van der Waals surface area contributed by atoms with Crippen LogP contribution < -0.4 is 4.74 Å². The molecular weight excluding hydrogens is 350 g/mol. The fourth-order valence-corrected chi connectivity index (χ4v) is 4.15. The van der Waals surface area contributed by atoms with Crippen LogP contribution in [0.2, 0.25) is 0 Å². The Morgan fingerprint density at radius 2 is 1.82 bits per heavy atom. The summed E-state index contributed by atoms with van der Waals surface area (Å²) in [6, 6.07) is 10.6. The molecule has 1 atom stereocenters. The van der Waals surface area contributed by atoms with Crippen molar-refractivity contribution in [1.29, 1.82) is 0 Å². The third-order valence-electron chi connectivity index (χ3n) is 5.64. The van der Waals surface area contributed by atoms with E-state index in [0.29, 0.717) is 5.92 Å². The van der Waals surface area contributed by atoms with Gasteiger partial charge in [0, 0.05) is 30.4 Å². The van der Waals surface area contributed by atoms with Crippen molar-refractivity contribution in [3.63, 3.8) is 0 Å². The molecule has 0 N–H and O–H groups in total. The molecule has 28 heavy (non-hydrogen) atoms. The number of aromatic nitrogens is 4. The Labute approximate surface area is 166 Å². The maximum Gasteiger partial charge on any atom is 0.139 e. The SMILES string of the molecule is Cc1ccc(OCC2CCCN(Cc3cc(C)n(-n4cnnc4)c3C)C2)cc1. The minimum absolute atomic E-state index is 0.580. The molecule has 148 valence electrons. The molecule has 1 aliphatic rings. The summed E-state index contributed by atoms with van der Waals surface area (Å²) >= 11 is 0. The van der Waals surface area contributed by atoms with Crippen LogP contribution in [0.5, 0.6) is 5.75 Å². The molecule has 0 radical (unpaired) electrons. The van der Waals surface area contributed by atoms with Crippen molar-refractivity contribution < 1.29 is 4.74 Å². The lowest BCUT2D eigenvalue weighted by molar-refractivity contribution is 0.125. The molecule has 0 aliphatic carbocycles. The summed E-state index contributed by atoms with van der Waals surface area (Å²) in [6.07, 6.45) is 5.94. The number of hydrogen-bond donors (Lipinski definition) is 0. The number of hydrogen-bond acceptors (Lipinski definition) is 4. The first kappa shape index (κ1) is 18.7. The number of piperidine rings is 1. The summed E-state index contributed by atoms with van der Waals surface area (Å²) in [5.41, 5.74) is 5.07. The van der Waals surface area contributed by atoms with Gasteiger partial charge in [-0.05, 0) is 63.9 Å².